The third-order valence-electron chi connectivity index (χ3n) is 4.10. The normalized spacial score (nSPS) is 22.3. The monoisotopic (exact) mass is 300 g/mol. The maximum Gasteiger partial charge on any atom is 0.393 e. The van der Waals surface area contributed by atoms with E-state index >= 15 is 0 Å². The second kappa shape index (κ2) is 6.36. The molecule has 21 heavy (non-hydrogen) atoms. The summed E-state index contributed by atoms with van der Waals surface area (Å²) in [5.41, 5.74) is 9.46. The quantitative estimate of drug-likeness (QED) is 0.924. The van der Waals surface area contributed by atoms with Gasteiger partial charge in [-0.1, -0.05) is 29.3 Å². The number of benzene rings is 1. The lowest BCUT2D eigenvalue weighted by molar-refractivity contribution is -0.186. The van der Waals surface area contributed by atoms with Gasteiger partial charge in [0.15, 0.2) is 0 Å². The van der Waals surface area contributed by atoms with Crippen molar-refractivity contribution in [2.45, 2.75) is 38.9 Å². The molecule has 2 unspecified atom stereocenters. The van der Waals surface area contributed by atoms with Crippen LogP contribution in [0.25, 0.3) is 0 Å². The predicted octanol–water partition coefficient (Wildman–Crippen LogP) is 3.58. The Labute approximate surface area is 124 Å². The zero-order valence-corrected chi connectivity index (χ0v) is 12.6. The highest BCUT2D eigenvalue weighted by Gasteiger charge is 2.41. The summed E-state index contributed by atoms with van der Waals surface area (Å²) in [6.07, 6.45) is -3.27. The predicted molar refractivity (Wildman–Crippen MR) is 78.1 cm³/mol. The van der Waals surface area contributed by atoms with Gasteiger partial charge in [-0.3, -0.25) is 0 Å². The van der Waals surface area contributed by atoms with Crippen molar-refractivity contribution in [3.63, 3.8) is 0 Å². The number of alkyl halides is 3. The van der Waals surface area contributed by atoms with E-state index in [1.54, 1.807) is 0 Å². The fourth-order valence-corrected chi connectivity index (χ4v) is 3.10. The molecule has 0 aliphatic carbocycles. The van der Waals surface area contributed by atoms with Crippen molar-refractivity contribution in [1.82, 2.24) is 4.90 Å². The molecule has 0 radical (unpaired) electrons. The molecule has 1 fully saturated rings. The summed E-state index contributed by atoms with van der Waals surface area (Å²) in [5, 5.41) is 0. The molecular formula is C16H23F3N2. The van der Waals surface area contributed by atoms with Crippen LogP contribution in [0.5, 0.6) is 0 Å². The van der Waals surface area contributed by atoms with Crippen LogP contribution >= 0.6 is 0 Å². The molecule has 5 heteroatoms. The Kier molecular flexibility index (Phi) is 4.94. The second-order valence-electron chi connectivity index (χ2n) is 6.17. The number of nitrogens with two attached hydrogens (primary N) is 1. The minimum Gasteiger partial charge on any atom is -0.323 e. The summed E-state index contributed by atoms with van der Waals surface area (Å²) in [4.78, 5) is 1.85. The van der Waals surface area contributed by atoms with Crippen LogP contribution in [0.1, 0.15) is 35.6 Å². The molecule has 2 N–H and O–H groups in total. The first-order valence-corrected chi connectivity index (χ1v) is 7.38. The third-order valence-corrected chi connectivity index (χ3v) is 4.10. The van der Waals surface area contributed by atoms with Crippen LogP contribution in [-0.2, 0) is 0 Å². The Morgan fingerprint density at radius 2 is 1.86 bits per heavy atom. The highest BCUT2D eigenvalue weighted by atomic mass is 19.4. The van der Waals surface area contributed by atoms with Gasteiger partial charge in [0.1, 0.15) is 0 Å². The van der Waals surface area contributed by atoms with Gasteiger partial charge in [-0.05, 0) is 38.8 Å². The number of nitrogens with zero attached hydrogens (tertiary/aromatic N) is 1. The van der Waals surface area contributed by atoms with Gasteiger partial charge in [0.25, 0.3) is 0 Å². The zero-order chi connectivity index (χ0) is 15.6. The van der Waals surface area contributed by atoms with Crippen LogP contribution < -0.4 is 5.73 Å². The van der Waals surface area contributed by atoms with Gasteiger partial charge in [0.05, 0.1) is 5.92 Å². The Morgan fingerprint density at radius 1 is 1.24 bits per heavy atom. The zero-order valence-electron chi connectivity index (χ0n) is 12.6. The van der Waals surface area contributed by atoms with E-state index in [4.69, 9.17) is 5.73 Å². The lowest BCUT2D eigenvalue weighted by Gasteiger charge is -2.35. The smallest absolute Gasteiger partial charge is 0.323 e. The molecule has 2 rings (SSSR count). The second-order valence-corrected chi connectivity index (χ2v) is 6.17. The molecule has 1 heterocycles. The fourth-order valence-electron chi connectivity index (χ4n) is 3.10. The number of rotatable bonds is 3. The number of halogens is 3. The van der Waals surface area contributed by atoms with E-state index in [1.807, 2.05) is 30.9 Å². The first kappa shape index (κ1) is 16.3. The Bertz CT molecular complexity index is 465. The molecule has 0 aromatic heterocycles. The highest BCUT2D eigenvalue weighted by Crippen LogP contribution is 2.33. The van der Waals surface area contributed by atoms with Gasteiger partial charge in [-0.15, -0.1) is 0 Å². The van der Waals surface area contributed by atoms with Crippen molar-refractivity contribution in [3.8, 4) is 0 Å². The summed E-state index contributed by atoms with van der Waals surface area (Å²) in [7, 11) is 0. The number of hydrogen-bond acceptors (Lipinski definition) is 2. The average molecular weight is 300 g/mol. The van der Waals surface area contributed by atoms with E-state index in [0.717, 1.165) is 16.7 Å². The Morgan fingerprint density at radius 3 is 2.43 bits per heavy atom. The van der Waals surface area contributed by atoms with E-state index in [9.17, 15) is 13.2 Å². The molecule has 1 aliphatic heterocycles. The van der Waals surface area contributed by atoms with Crippen molar-refractivity contribution in [3.05, 3.63) is 34.9 Å². The molecule has 0 amide bonds. The van der Waals surface area contributed by atoms with Crippen molar-refractivity contribution in [2.75, 3.05) is 19.6 Å². The molecule has 0 bridgehead atoms. The maximum atomic E-state index is 12.8. The van der Waals surface area contributed by atoms with Crippen molar-refractivity contribution in [1.29, 1.82) is 0 Å². The van der Waals surface area contributed by atoms with E-state index < -0.39 is 12.1 Å². The molecular weight excluding hydrogens is 277 g/mol. The summed E-state index contributed by atoms with van der Waals surface area (Å²) in [6.45, 7) is 5.26. The van der Waals surface area contributed by atoms with Gasteiger partial charge in [-0.2, -0.15) is 13.2 Å². The van der Waals surface area contributed by atoms with Crippen LogP contribution in [0.2, 0.25) is 0 Å². The van der Waals surface area contributed by atoms with E-state index in [2.05, 4.69) is 6.07 Å². The van der Waals surface area contributed by atoms with E-state index in [-0.39, 0.29) is 19.0 Å². The van der Waals surface area contributed by atoms with Gasteiger partial charge in [-0.25, -0.2) is 0 Å². The molecule has 0 spiro atoms. The standard InChI is InChI=1S/C16H23F3N2/c1-11-6-12(2)8-13(7-11)15(20)10-21-5-3-4-14(9-21)16(17,18)19/h6-8,14-15H,3-5,9-10,20H2,1-2H3. The summed E-state index contributed by atoms with van der Waals surface area (Å²) < 4.78 is 38.5. The number of hydrogen-bond donors (Lipinski definition) is 1. The van der Waals surface area contributed by atoms with Crippen LogP contribution in [0, 0.1) is 19.8 Å². The molecule has 1 aromatic rings. The van der Waals surface area contributed by atoms with Crippen molar-refractivity contribution in [2.24, 2.45) is 11.7 Å². The summed E-state index contributed by atoms with van der Waals surface area (Å²) in [6, 6.07) is 5.86. The Balaban J connectivity index is 2.00. The summed E-state index contributed by atoms with van der Waals surface area (Å²) >= 11 is 0. The number of aryl methyl sites for hydroxylation is 2. The molecule has 1 aliphatic rings. The first-order chi connectivity index (χ1) is 9.75. The SMILES string of the molecule is Cc1cc(C)cc(C(N)CN2CCCC(C(F)(F)F)C2)c1. The van der Waals surface area contributed by atoms with E-state index in [0.29, 0.717) is 19.5 Å². The molecule has 118 valence electrons. The Hall–Kier alpha value is -1.07. The minimum absolute atomic E-state index is 0.0714. The maximum absolute atomic E-state index is 12.8. The van der Waals surface area contributed by atoms with Crippen LogP contribution in [0.3, 0.4) is 0 Å². The van der Waals surface area contributed by atoms with Crippen LogP contribution in [0.15, 0.2) is 18.2 Å². The van der Waals surface area contributed by atoms with Crippen LogP contribution in [-0.4, -0.2) is 30.7 Å². The van der Waals surface area contributed by atoms with Crippen molar-refractivity contribution < 1.29 is 13.2 Å². The molecule has 2 nitrogen and oxygen atoms in total. The lowest BCUT2D eigenvalue weighted by atomic mass is 9.96. The minimum atomic E-state index is -4.09. The largest absolute Gasteiger partial charge is 0.393 e. The van der Waals surface area contributed by atoms with Crippen molar-refractivity contribution >= 4 is 0 Å². The van der Waals surface area contributed by atoms with E-state index in [1.165, 1.54) is 0 Å². The average Bonchev–Trinajstić information content (AvgIpc) is 2.37. The topological polar surface area (TPSA) is 29.3 Å². The highest BCUT2D eigenvalue weighted by molar-refractivity contribution is 5.30. The fraction of sp³-hybridized carbons (Fsp3) is 0.625. The molecule has 1 aromatic carbocycles. The first-order valence-electron chi connectivity index (χ1n) is 7.38. The van der Waals surface area contributed by atoms with Crippen LogP contribution in [0.4, 0.5) is 13.2 Å². The van der Waals surface area contributed by atoms with Gasteiger partial charge in [0, 0.05) is 19.1 Å². The summed E-state index contributed by atoms with van der Waals surface area (Å²) in [5.74, 6) is -1.21. The number of piperidine rings is 1. The third kappa shape index (κ3) is 4.45. The molecule has 0 saturated carbocycles. The number of likely N-dealkylation sites (tertiary alicyclic amines) is 1. The van der Waals surface area contributed by atoms with Gasteiger partial charge in [0.2, 0.25) is 0 Å². The lowest BCUT2D eigenvalue weighted by Crippen LogP contribution is -2.44. The molecule has 1 saturated heterocycles. The molecule has 2 atom stereocenters. The van der Waals surface area contributed by atoms with Gasteiger partial charge >= 0.3 is 6.18 Å². The van der Waals surface area contributed by atoms with Gasteiger partial charge < -0.3 is 10.6 Å².